The van der Waals surface area contributed by atoms with Gasteiger partial charge >= 0.3 is 12.1 Å². The zero-order valence-electron chi connectivity index (χ0n) is 28.9. The summed E-state index contributed by atoms with van der Waals surface area (Å²) in [5.41, 5.74) is -0.434. The highest BCUT2D eigenvalue weighted by Gasteiger charge is 2.44. The van der Waals surface area contributed by atoms with Crippen molar-refractivity contribution in [3.8, 4) is 11.3 Å². The molecule has 10 nitrogen and oxygen atoms in total. The van der Waals surface area contributed by atoms with Crippen molar-refractivity contribution >= 4 is 18.0 Å². The summed E-state index contributed by atoms with van der Waals surface area (Å²) in [6.07, 6.45) is -1.13. The first-order chi connectivity index (χ1) is 22.3. The van der Waals surface area contributed by atoms with Crippen LogP contribution in [0.5, 0.6) is 0 Å². The molecular formula is C36H46F2N4O6. The number of likely N-dealkylation sites (tertiary alicyclic amines) is 1. The quantitative estimate of drug-likeness (QED) is 0.280. The van der Waals surface area contributed by atoms with Gasteiger partial charge in [-0.2, -0.15) is 0 Å². The van der Waals surface area contributed by atoms with Crippen LogP contribution < -0.4 is 0 Å². The monoisotopic (exact) mass is 668 g/mol. The Morgan fingerprint density at radius 2 is 1.71 bits per heavy atom. The minimum absolute atomic E-state index is 0.00687. The van der Waals surface area contributed by atoms with Crippen LogP contribution in [-0.2, 0) is 25.6 Å². The zero-order chi connectivity index (χ0) is 35.6. The van der Waals surface area contributed by atoms with Crippen molar-refractivity contribution in [3.05, 3.63) is 77.8 Å². The minimum atomic E-state index is -1.19. The van der Waals surface area contributed by atoms with Gasteiger partial charge in [-0.3, -0.25) is 9.59 Å². The molecule has 0 spiro atoms. The number of β-amino-alcohol motifs (C(OH)–C–C–N with tert-alkyl or cyclic N) is 1. The Labute approximate surface area is 280 Å². The topological polar surface area (TPSA) is 114 Å². The number of nitrogens with zero attached hydrogens (tertiary/aromatic N) is 4. The molecule has 260 valence electrons. The molecule has 12 heteroatoms. The zero-order valence-corrected chi connectivity index (χ0v) is 28.9. The second-order valence-corrected chi connectivity index (χ2v) is 14.4. The van der Waals surface area contributed by atoms with Crippen LogP contribution in [0.15, 0.2) is 54.7 Å². The highest BCUT2D eigenvalue weighted by molar-refractivity contribution is 5.83. The van der Waals surface area contributed by atoms with Crippen LogP contribution >= 0.6 is 0 Å². The van der Waals surface area contributed by atoms with Gasteiger partial charge < -0.3 is 28.9 Å². The van der Waals surface area contributed by atoms with Crippen molar-refractivity contribution in [3.63, 3.8) is 0 Å². The van der Waals surface area contributed by atoms with E-state index in [1.165, 1.54) is 23.6 Å². The molecule has 0 aliphatic carbocycles. The number of rotatable bonds is 9. The van der Waals surface area contributed by atoms with E-state index in [-0.39, 0.29) is 30.9 Å². The van der Waals surface area contributed by atoms with E-state index in [0.29, 0.717) is 12.4 Å². The maximum Gasteiger partial charge on any atom is 0.410 e. The smallest absolute Gasteiger partial charge is 0.410 e. The molecule has 4 rings (SSSR count). The van der Waals surface area contributed by atoms with Crippen molar-refractivity contribution in [1.29, 1.82) is 0 Å². The maximum absolute atomic E-state index is 15.1. The molecule has 1 saturated heterocycles. The Morgan fingerprint density at radius 3 is 2.31 bits per heavy atom. The van der Waals surface area contributed by atoms with E-state index in [0.717, 1.165) is 23.8 Å². The van der Waals surface area contributed by atoms with Gasteiger partial charge in [0.2, 0.25) is 0 Å². The van der Waals surface area contributed by atoms with Gasteiger partial charge in [0, 0.05) is 44.2 Å². The molecule has 1 aromatic heterocycles. The first-order valence-corrected chi connectivity index (χ1v) is 16.0. The number of amides is 2. The second-order valence-electron chi connectivity index (χ2n) is 14.4. The lowest BCUT2D eigenvalue weighted by Gasteiger charge is -2.42. The fraction of sp³-hybridized carbons (Fsp3) is 0.500. The van der Waals surface area contributed by atoms with E-state index in [1.807, 2.05) is 51.1 Å². The molecule has 1 aliphatic rings. The van der Waals surface area contributed by atoms with E-state index in [9.17, 15) is 23.9 Å². The summed E-state index contributed by atoms with van der Waals surface area (Å²) in [7, 11) is 0. The number of halogens is 2. The standard InChI is InChI=1S/C36H46F2N4O6/c1-22(47-23(2)43)33(45)42(19-25-18-41(21-30(25)44)34(46)48-36(6,7)8)31(35(3,4)5)32-39-29(27-16-26(37)14-15-28(27)38)20-40(32)17-24-12-10-9-11-13-24/h9-16,20,22,25,30-31,44H,17-19,21H2,1-8H3/t22-,25-,30+,31-/m0/s1. The first-order valence-electron chi connectivity index (χ1n) is 16.0. The van der Waals surface area contributed by atoms with Gasteiger partial charge in [-0.1, -0.05) is 51.1 Å². The number of hydrogen-bond donors (Lipinski definition) is 1. The van der Waals surface area contributed by atoms with Gasteiger partial charge in [0.1, 0.15) is 23.1 Å². The Kier molecular flexibility index (Phi) is 11.0. The van der Waals surface area contributed by atoms with E-state index >= 15 is 4.39 Å². The number of ether oxygens (including phenoxy) is 2. The summed E-state index contributed by atoms with van der Waals surface area (Å²) >= 11 is 0. The van der Waals surface area contributed by atoms with Crippen LogP contribution in [0, 0.1) is 23.0 Å². The lowest BCUT2D eigenvalue weighted by molar-refractivity contribution is -0.161. The number of aliphatic hydroxyl groups is 1. The number of imidazole rings is 1. The first kappa shape index (κ1) is 36.5. The van der Waals surface area contributed by atoms with Gasteiger partial charge in [0.15, 0.2) is 6.10 Å². The predicted molar refractivity (Wildman–Crippen MR) is 176 cm³/mol. The Balaban J connectivity index is 1.84. The summed E-state index contributed by atoms with van der Waals surface area (Å²) < 4.78 is 42.1. The second kappa shape index (κ2) is 14.4. The summed E-state index contributed by atoms with van der Waals surface area (Å²) in [5, 5.41) is 11.2. The van der Waals surface area contributed by atoms with Crippen LogP contribution in [-0.4, -0.2) is 79.9 Å². The van der Waals surface area contributed by atoms with Crippen LogP contribution in [0.2, 0.25) is 0 Å². The third-order valence-electron chi connectivity index (χ3n) is 8.05. The van der Waals surface area contributed by atoms with Crippen molar-refractivity contribution in [2.45, 2.75) is 85.8 Å². The molecule has 0 saturated carbocycles. The molecule has 0 bridgehead atoms. The number of carbonyl (C=O) groups excluding carboxylic acids is 3. The summed E-state index contributed by atoms with van der Waals surface area (Å²) in [6, 6.07) is 11.8. The molecular weight excluding hydrogens is 622 g/mol. The van der Waals surface area contributed by atoms with E-state index in [4.69, 9.17) is 14.5 Å². The SMILES string of the molecule is CC(=O)O[C@@H](C)C(=O)N(C[C@@H]1CN(C(=O)OC(C)(C)C)C[C@H]1O)[C@@H](c1nc(-c2cc(F)ccc2F)cn1Cc1ccccc1)C(C)(C)C. The van der Waals surface area contributed by atoms with Crippen molar-refractivity contribution < 1.29 is 37.7 Å². The normalized spacial score (nSPS) is 17.9. The maximum atomic E-state index is 15.1. The highest BCUT2D eigenvalue weighted by atomic mass is 19.1. The summed E-state index contributed by atoms with van der Waals surface area (Å²) in [6.45, 7) is 14.1. The third-order valence-corrected chi connectivity index (χ3v) is 8.05. The van der Waals surface area contributed by atoms with Crippen LogP contribution in [0.1, 0.15) is 72.8 Å². The van der Waals surface area contributed by atoms with Crippen molar-refractivity contribution in [2.24, 2.45) is 11.3 Å². The molecule has 0 unspecified atom stereocenters. The van der Waals surface area contributed by atoms with Gasteiger partial charge in [-0.05, 0) is 56.9 Å². The number of carbonyl (C=O) groups is 3. The number of aromatic nitrogens is 2. The molecule has 3 aromatic rings. The molecule has 1 fully saturated rings. The number of aliphatic hydroxyl groups excluding tert-OH is 1. The van der Waals surface area contributed by atoms with Crippen LogP contribution in [0.4, 0.5) is 13.6 Å². The Hall–Kier alpha value is -4.32. The van der Waals surface area contributed by atoms with Crippen LogP contribution in [0.3, 0.4) is 0 Å². The molecule has 1 aliphatic heterocycles. The molecule has 2 amide bonds. The Bertz CT molecular complexity index is 1610. The molecule has 2 aromatic carbocycles. The molecule has 0 radical (unpaired) electrons. The van der Waals surface area contributed by atoms with E-state index in [2.05, 4.69) is 0 Å². The van der Waals surface area contributed by atoms with Crippen molar-refractivity contribution in [1.82, 2.24) is 19.4 Å². The van der Waals surface area contributed by atoms with Gasteiger partial charge in [-0.15, -0.1) is 0 Å². The predicted octanol–water partition coefficient (Wildman–Crippen LogP) is 5.97. The largest absolute Gasteiger partial charge is 0.453 e. The number of benzene rings is 2. The fourth-order valence-corrected chi connectivity index (χ4v) is 5.99. The third kappa shape index (κ3) is 8.97. The van der Waals surface area contributed by atoms with Gasteiger partial charge in [0.25, 0.3) is 5.91 Å². The van der Waals surface area contributed by atoms with Crippen molar-refractivity contribution in [2.75, 3.05) is 19.6 Å². The average Bonchev–Trinajstić information content (AvgIpc) is 3.55. The van der Waals surface area contributed by atoms with E-state index < -0.39 is 64.8 Å². The highest BCUT2D eigenvalue weighted by Crippen LogP contribution is 2.41. The van der Waals surface area contributed by atoms with Crippen LogP contribution in [0.25, 0.3) is 11.3 Å². The van der Waals surface area contributed by atoms with Gasteiger partial charge in [-0.25, -0.2) is 18.6 Å². The average molecular weight is 669 g/mol. The molecule has 4 atom stereocenters. The lowest BCUT2D eigenvalue weighted by atomic mass is 9.83. The number of hydrogen-bond acceptors (Lipinski definition) is 7. The number of esters is 1. The van der Waals surface area contributed by atoms with Gasteiger partial charge in [0.05, 0.1) is 24.4 Å². The summed E-state index contributed by atoms with van der Waals surface area (Å²) in [5.74, 6) is -2.68. The Morgan fingerprint density at radius 1 is 1.04 bits per heavy atom. The molecule has 1 N–H and O–H groups in total. The minimum Gasteiger partial charge on any atom is -0.453 e. The lowest BCUT2D eigenvalue weighted by Crippen LogP contribution is -2.50. The summed E-state index contributed by atoms with van der Waals surface area (Å²) in [4.78, 5) is 46.9. The molecule has 2 heterocycles. The van der Waals surface area contributed by atoms with E-state index in [1.54, 1.807) is 31.5 Å². The fourth-order valence-electron chi connectivity index (χ4n) is 5.99. The molecule has 48 heavy (non-hydrogen) atoms.